The first-order valence-electron chi connectivity index (χ1n) is 9.28. The fourth-order valence-electron chi connectivity index (χ4n) is 3.04. The molecule has 0 spiro atoms. The molecule has 1 N–H and O–H groups in total. The molecule has 0 radical (unpaired) electrons. The highest BCUT2D eigenvalue weighted by Crippen LogP contribution is 2.26. The van der Waals surface area contributed by atoms with Gasteiger partial charge in [0.1, 0.15) is 0 Å². The molecule has 1 heterocycles. The van der Waals surface area contributed by atoms with Crippen molar-refractivity contribution in [2.45, 2.75) is 0 Å². The summed E-state index contributed by atoms with van der Waals surface area (Å²) in [5.41, 5.74) is 3.08. The first-order valence-corrected chi connectivity index (χ1v) is 9.66. The molecule has 3 aromatic carbocycles. The SMILES string of the molecule is O=C(COC(=O)c1cc(-c2ccc(Cl)cc2)nc2ccccc12)Nc1ccccc1. The molecule has 148 valence electrons. The quantitative estimate of drug-likeness (QED) is 0.445. The molecule has 0 aliphatic heterocycles. The summed E-state index contributed by atoms with van der Waals surface area (Å²) in [5, 5.41) is 3.96. The van der Waals surface area contributed by atoms with E-state index in [1.165, 1.54) is 0 Å². The molecule has 30 heavy (non-hydrogen) atoms. The maximum Gasteiger partial charge on any atom is 0.339 e. The van der Waals surface area contributed by atoms with E-state index in [0.717, 1.165) is 5.56 Å². The van der Waals surface area contributed by atoms with Crippen molar-refractivity contribution in [2.75, 3.05) is 11.9 Å². The molecule has 0 unspecified atom stereocenters. The van der Waals surface area contributed by atoms with Gasteiger partial charge in [-0.1, -0.05) is 60.1 Å². The van der Waals surface area contributed by atoms with E-state index in [9.17, 15) is 9.59 Å². The topological polar surface area (TPSA) is 68.3 Å². The van der Waals surface area contributed by atoms with Crippen molar-refractivity contribution in [3.05, 3.63) is 95.5 Å². The predicted molar refractivity (Wildman–Crippen MR) is 118 cm³/mol. The summed E-state index contributed by atoms with van der Waals surface area (Å²) in [7, 11) is 0. The van der Waals surface area contributed by atoms with Gasteiger partial charge in [-0.05, 0) is 36.4 Å². The number of carbonyl (C=O) groups is 2. The first kappa shape index (κ1) is 19.6. The molecule has 4 rings (SSSR count). The van der Waals surface area contributed by atoms with Crippen molar-refractivity contribution in [3.63, 3.8) is 0 Å². The van der Waals surface area contributed by atoms with Crippen molar-refractivity contribution < 1.29 is 14.3 Å². The Hall–Kier alpha value is -3.70. The number of amides is 1. The van der Waals surface area contributed by atoms with Gasteiger partial charge in [0.2, 0.25) is 0 Å². The number of carbonyl (C=O) groups excluding carboxylic acids is 2. The van der Waals surface area contributed by atoms with Crippen LogP contribution in [0.15, 0.2) is 84.9 Å². The lowest BCUT2D eigenvalue weighted by Gasteiger charge is -2.10. The number of benzene rings is 3. The Morgan fingerprint density at radius 1 is 0.900 bits per heavy atom. The number of esters is 1. The number of fused-ring (bicyclic) bond motifs is 1. The summed E-state index contributed by atoms with van der Waals surface area (Å²) in [6.45, 7) is -0.388. The van der Waals surface area contributed by atoms with Crippen molar-refractivity contribution in [2.24, 2.45) is 0 Å². The minimum absolute atomic E-state index is 0.345. The fraction of sp³-hybridized carbons (Fsp3) is 0.0417. The van der Waals surface area contributed by atoms with Gasteiger partial charge < -0.3 is 10.1 Å². The van der Waals surface area contributed by atoms with Gasteiger partial charge in [0.25, 0.3) is 5.91 Å². The van der Waals surface area contributed by atoms with Crippen LogP contribution in [-0.4, -0.2) is 23.5 Å². The zero-order valence-electron chi connectivity index (χ0n) is 15.8. The van der Waals surface area contributed by atoms with E-state index in [1.54, 1.807) is 36.4 Å². The molecule has 4 aromatic rings. The Morgan fingerprint density at radius 3 is 2.37 bits per heavy atom. The second kappa shape index (κ2) is 8.76. The number of nitrogens with zero attached hydrogens (tertiary/aromatic N) is 1. The molecule has 6 heteroatoms. The lowest BCUT2D eigenvalue weighted by atomic mass is 10.0. The smallest absolute Gasteiger partial charge is 0.339 e. The molecule has 0 bridgehead atoms. The largest absolute Gasteiger partial charge is 0.452 e. The number of hydrogen-bond donors (Lipinski definition) is 1. The number of pyridine rings is 1. The van der Waals surface area contributed by atoms with Crippen LogP contribution in [0.4, 0.5) is 5.69 Å². The van der Waals surface area contributed by atoms with Crippen molar-refractivity contribution >= 4 is 40.1 Å². The van der Waals surface area contributed by atoms with Crippen LogP contribution in [0.3, 0.4) is 0 Å². The maximum atomic E-state index is 12.8. The number of para-hydroxylation sites is 2. The summed E-state index contributed by atoms with van der Waals surface area (Å²) in [6, 6.07) is 25.2. The van der Waals surface area contributed by atoms with Crippen LogP contribution in [0, 0.1) is 0 Å². The van der Waals surface area contributed by atoms with Crippen LogP contribution in [0.1, 0.15) is 10.4 Å². The summed E-state index contributed by atoms with van der Waals surface area (Å²) >= 11 is 5.97. The van der Waals surface area contributed by atoms with E-state index in [-0.39, 0.29) is 6.61 Å². The maximum absolute atomic E-state index is 12.8. The van der Waals surface area contributed by atoms with Crippen LogP contribution in [-0.2, 0) is 9.53 Å². The molecular formula is C24H17ClN2O3. The van der Waals surface area contributed by atoms with Crippen molar-refractivity contribution in [1.82, 2.24) is 4.98 Å². The molecule has 1 amide bonds. The highest BCUT2D eigenvalue weighted by molar-refractivity contribution is 6.30. The lowest BCUT2D eigenvalue weighted by Crippen LogP contribution is -2.21. The van der Waals surface area contributed by atoms with Gasteiger partial charge in [-0.25, -0.2) is 9.78 Å². The molecular weight excluding hydrogens is 400 g/mol. The molecule has 0 saturated heterocycles. The first-order chi connectivity index (χ1) is 14.6. The fourth-order valence-corrected chi connectivity index (χ4v) is 3.17. The highest BCUT2D eigenvalue weighted by atomic mass is 35.5. The number of aromatic nitrogens is 1. The third kappa shape index (κ3) is 4.47. The number of ether oxygens (including phenoxy) is 1. The number of hydrogen-bond acceptors (Lipinski definition) is 4. The molecule has 0 atom stereocenters. The lowest BCUT2D eigenvalue weighted by molar-refractivity contribution is -0.119. The van der Waals surface area contributed by atoms with Crippen LogP contribution in [0.25, 0.3) is 22.2 Å². The Kier molecular flexibility index (Phi) is 5.72. The minimum Gasteiger partial charge on any atom is -0.452 e. The summed E-state index contributed by atoms with van der Waals surface area (Å²) in [5.74, 6) is -1.00. The molecule has 0 aliphatic carbocycles. The molecule has 1 aromatic heterocycles. The minimum atomic E-state index is -0.591. The zero-order valence-corrected chi connectivity index (χ0v) is 16.6. The summed E-state index contributed by atoms with van der Waals surface area (Å²) in [4.78, 5) is 29.6. The number of nitrogens with one attached hydrogen (secondary N) is 1. The molecule has 0 aliphatic rings. The second-order valence-electron chi connectivity index (χ2n) is 6.57. The number of rotatable bonds is 5. The second-order valence-corrected chi connectivity index (χ2v) is 7.01. The van der Waals surface area contributed by atoms with Crippen LogP contribution < -0.4 is 5.32 Å². The van der Waals surface area contributed by atoms with Crippen LogP contribution >= 0.6 is 11.6 Å². The number of anilines is 1. The van der Waals surface area contributed by atoms with Gasteiger partial charge in [0, 0.05) is 21.7 Å². The standard InChI is InChI=1S/C24H17ClN2O3/c25-17-12-10-16(11-13-17)22-14-20(19-8-4-5-9-21(19)27-22)24(29)30-15-23(28)26-18-6-2-1-3-7-18/h1-14H,15H2,(H,26,28). The Bertz CT molecular complexity index is 1210. The van der Waals surface area contributed by atoms with Crippen LogP contribution in [0.5, 0.6) is 0 Å². The summed E-state index contributed by atoms with van der Waals surface area (Å²) in [6.07, 6.45) is 0. The van der Waals surface area contributed by atoms with Gasteiger partial charge in [0.15, 0.2) is 6.61 Å². The van der Waals surface area contributed by atoms with Gasteiger partial charge in [0.05, 0.1) is 16.8 Å². The third-order valence-electron chi connectivity index (χ3n) is 4.47. The Morgan fingerprint density at radius 2 is 1.60 bits per heavy atom. The highest BCUT2D eigenvalue weighted by Gasteiger charge is 2.16. The zero-order chi connectivity index (χ0) is 20.9. The van der Waals surface area contributed by atoms with E-state index in [2.05, 4.69) is 10.3 Å². The monoisotopic (exact) mass is 416 g/mol. The van der Waals surface area contributed by atoms with Gasteiger partial charge >= 0.3 is 5.97 Å². The van der Waals surface area contributed by atoms with Gasteiger partial charge in [-0.3, -0.25) is 4.79 Å². The summed E-state index contributed by atoms with van der Waals surface area (Å²) < 4.78 is 5.28. The predicted octanol–water partition coefficient (Wildman–Crippen LogP) is 5.35. The van der Waals surface area contributed by atoms with Gasteiger partial charge in [-0.15, -0.1) is 0 Å². The van der Waals surface area contributed by atoms with Gasteiger partial charge in [-0.2, -0.15) is 0 Å². The van der Waals surface area contributed by atoms with E-state index in [1.807, 2.05) is 48.5 Å². The molecule has 5 nitrogen and oxygen atoms in total. The Balaban J connectivity index is 1.58. The average molecular weight is 417 g/mol. The molecule has 0 saturated carbocycles. The average Bonchev–Trinajstić information content (AvgIpc) is 2.78. The number of halogens is 1. The van der Waals surface area contributed by atoms with E-state index in [4.69, 9.17) is 16.3 Å². The molecule has 0 fully saturated rings. The third-order valence-corrected chi connectivity index (χ3v) is 4.72. The van der Waals surface area contributed by atoms with Crippen molar-refractivity contribution in [1.29, 1.82) is 0 Å². The van der Waals surface area contributed by atoms with Crippen LogP contribution in [0.2, 0.25) is 5.02 Å². The normalized spacial score (nSPS) is 10.6. The van der Waals surface area contributed by atoms with E-state index >= 15 is 0 Å². The van der Waals surface area contributed by atoms with Crippen molar-refractivity contribution in [3.8, 4) is 11.3 Å². The van der Waals surface area contributed by atoms with E-state index in [0.29, 0.717) is 32.9 Å². The van der Waals surface area contributed by atoms with E-state index < -0.39 is 11.9 Å². The Labute approximate surface area is 178 Å².